The van der Waals surface area contributed by atoms with Crippen molar-refractivity contribution < 1.29 is 9.16 Å². The Labute approximate surface area is 168 Å². The fourth-order valence-corrected chi connectivity index (χ4v) is 9.59. The lowest BCUT2D eigenvalue weighted by Crippen LogP contribution is -2.68. The summed E-state index contributed by atoms with van der Waals surface area (Å²) in [5, 5.41) is 6.11. The number of hydrogen-bond donors (Lipinski definition) is 1. The molecular weight excluding hydrogens is 374 g/mol. The Morgan fingerprint density at radius 1 is 1.00 bits per heavy atom. The minimum absolute atomic E-state index is 0.00468. The van der Waals surface area contributed by atoms with Crippen molar-refractivity contribution in [3.63, 3.8) is 0 Å². The van der Waals surface area contributed by atoms with Crippen molar-refractivity contribution >= 4 is 30.3 Å². The quantitative estimate of drug-likeness (QED) is 0.631. The third-order valence-corrected chi connectivity index (χ3v) is 11.3. The van der Waals surface area contributed by atoms with Gasteiger partial charge in [-0.1, -0.05) is 81.4 Å². The summed E-state index contributed by atoms with van der Waals surface area (Å²) in [5.41, 5.74) is 0. The van der Waals surface area contributed by atoms with Gasteiger partial charge < -0.3 is 14.5 Å². The van der Waals surface area contributed by atoms with E-state index < -0.39 is 8.32 Å². The standard InChI is InChI=1S/C22H28ClNO2Si/c1-22(2,3)27(16-10-6-4-7-11-16,17-12-8-5-9-13-17)26-19-15-25-21-18(23)14-24-20(19)21/h4-13,18-21,24H,14-15H2,1-3H3/t18-,19+,20-,21-/m1/s1. The molecule has 0 unspecified atom stereocenters. The highest BCUT2D eigenvalue weighted by atomic mass is 35.5. The first-order valence-electron chi connectivity index (χ1n) is 9.71. The van der Waals surface area contributed by atoms with Crippen molar-refractivity contribution in [2.45, 2.75) is 49.4 Å². The van der Waals surface area contributed by atoms with E-state index in [9.17, 15) is 0 Å². The van der Waals surface area contributed by atoms with Gasteiger partial charge in [0, 0.05) is 6.54 Å². The van der Waals surface area contributed by atoms with Crippen LogP contribution in [-0.4, -0.2) is 45.1 Å². The lowest BCUT2D eigenvalue weighted by atomic mass is 10.1. The molecule has 0 amide bonds. The number of fused-ring (bicyclic) bond motifs is 1. The molecular formula is C22H28ClNO2Si. The van der Waals surface area contributed by atoms with E-state index >= 15 is 0 Å². The number of benzene rings is 2. The second kappa shape index (κ2) is 7.34. The molecule has 3 nitrogen and oxygen atoms in total. The highest BCUT2D eigenvalue weighted by Gasteiger charge is 2.55. The predicted octanol–water partition coefficient (Wildman–Crippen LogP) is 2.91. The van der Waals surface area contributed by atoms with Crippen LogP contribution in [0.5, 0.6) is 0 Å². The Kier molecular flexibility index (Phi) is 5.21. The van der Waals surface area contributed by atoms with Crippen molar-refractivity contribution in [3.05, 3.63) is 60.7 Å². The van der Waals surface area contributed by atoms with Crippen LogP contribution in [0.25, 0.3) is 0 Å². The van der Waals surface area contributed by atoms with E-state index in [1.165, 1.54) is 10.4 Å². The van der Waals surface area contributed by atoms with E-state index in [0.717, 1.165) is 6.54 Å². The molecule has 4 atom stereocenters. The van der Waals surface area contributed by atoms with Gasteiger partial charge in [-0.15, -0.1) is 11.6 Å². The number of rotatable bonds is 4. The molecule has 2 aromatic carbocycles. The lowest BCUT2D eigenvalue weighted by Gasteiger charge is -2.45. The zero-order chi connectivity index (χ0) is 19.1. The number of halogens is 1. The first-order chi connectivity index (χ1) is 12.9. The van der Waals surface area contributed by atoms with Crippen LogP contribution in [0.15, 0.2) is 60.7 Å². The summed E-state index contributed by atoms with van der Waals surface area (Å²) >= 11 is 6.44. The van der Waals surface area contributed by atoms with Crippen LogP contribution < -0.4 is 15.7 Å². The average molecular weight is 402 g/mol. The summed E-state index contributed by atoms with van der Waals surface area (Å²) in [4.78, 5) is 0. The highest BCUT2D eigenvalue weighted by molar-refractivity contribution is 6.99. The summed E-state index contributed by atoms with van der Waals surface area (Å²) in [6.07, 6.45) is 0.0416. The van der Waals surface area contributed by atoms with E-state index in [0.29, 0.717) is 6.61 Å². The van der Waals surface area contributed by atoms with Crippen LogP contribution in [0.4, 0.5) is 0 Å². The Bertz CT molecular complexity index is 725. The number of alkyl halides is 1. The van der Waals surface area contributed by atoms with Gasteiger partial charge in [0.05, 0.1) is 30.2 Å². The molecule has 0 aliphatic carbocycles. The molecule has 0 aromatic heterocycles. The molecule has 2 aliphatic heterocycles. The zero-order valence-electron chi connectivity index (χ0n) is 16.2. The van der Waals surface area contributed by atoms with Crippen LogP contribution in [0.1, 0.15) is 20.8 Å². The molecule has 1 N–H and O–H groups in total. The van der Waals surface area contributed by atoms with E-state index in [1.807, 2.05) is 0 Å². The molecule has 2 heterocycles. The van der Waals surface area contributed by atoms with E-state index in [1.54, 1.807) is 0 Å². The largest absolute Gasteiger partial charge is 0.400 e. The maximum atomic E-state index is 7.19. The summed E-state index contributed by atoms with van der Waals surface area (Å²) in [6.45, 7) is 8.28. The molecule has 2 saturated heterocycles. The van der Waals surface area contributed by atoms with Gasteiger partial charge in [-0.3, -0.25) is 0 Å². The normalized spacial score (nSPS) is 28.3. The van der Waals surface area contributed by atoms with E-state index in [2.05, 4.69) is 86.8 Å². The average Bonchev–Trinajstić information content (AvgIpc) is 3.23. The Hall–Kier alpha value is -1.17. The fraction of sp³-hybridized carbons (Fsp3) is 0.455. The molecule has 27 heavy (non-hydrogen) atoms. The maximum absolute atomic E-state index is 7.19. The molecule has 0 bridgehead atoms. The first kappa shape index (κ1) is 19.2. The van der Waals surface area contributed by atoms with Gasteiger partial charge in [0.25, 0.3) is 8.32 Å². The van der Waals surface area contributed by atoms with Gasteiger partial charge in [-0.2, -0.15) is 0 Å². The van der Waals surface area contributed by atoms with Gasteiger partial charge in [-0.05, 0) is 15.4 Å². The second-order valence-electron chi connectivity index (χ2n) is 8.57. The molecule has 0 radical (unpaired) electrons. The Morgan fingerprint density at radius 2 is 1.56 bits per heavy atom. The molecule has 2 fully saturated rings. The monoisotopic (exact) mass is 401 g/mol. The molecule has 0 saturated carbocycles. The molecule has 2 aromatic rings. The third-order valence-electron chi connectivity index (χ3n) is 5.86. The molecule has 144 valence electrons. The number of hydrogen-bond acceptors (Lipinski definition) is 3. The van der Waals surface area contributed by atoms with Gasteiger partial charge in [-0.25, -0.2) is 0 Å². The Balaban J connectivity index is 1.81. The molecule has 2 aliphatic rings. The van der Waals surface area contributed by atoms with Crippen LogP contribution in [0.2, 0.25) is 5.04 Å². The minimum atomic E-state index is -2.56. The van der Waals surface area contributed by atoms with Gasteiger partial charge in [0.2, 0.25) is 0 Å². The summed E-state index contributed by atoms with van der Waals surface area (Å²) in [7, 11) is -2.56. The van der Waals surface area contributed by atoms with Gasteiger partial charge in [0.1, 0.15) is 0 Å². The smallest absolute Gasteiger partial charge is 0.261 e. The van der Waals surface area contributed by atoms with Crippen LogP contribution >= 0.6 is 11.6 Å². The molecule has 5 heteroatoms. The first-order valence-corrected chi connectivity index (χ1v) is 12.1. The zero-order valence-corrected chi connectivity index (χ0v) is 17.9. The van der Waals surface area contributed by atoms with Crippen molar-refractivity contribution in [3.8, 4) is 0 Å². The summed E-state index contributed by atoms with van der Waals surface area (Å²) < 4.78 is 13.2. The SMILES string of the molecule is CC(C)(C)[Si](O[C@H]1CO[C@H]2[C@@H]1NC[C@H]2Cl)(c1ccccc1)c1ccccc1. The van der Waals surface area contributed by atoms with Crippen LogP contribution in [0.3, 0.4) is 0 Å². The van der Waals surface area contributed by atoms with Crippen LogP contribution in [0, 0.1) is 0 Å². The van der Waals surface area contributed by atoms with Crippen molar-refractivity contribution in [1.29, 1.82) is 0 Å². The Morgan fingerprint density at radius 3 is 2.07 bits per heavy atom. The predicted molar refractivity (Wildman–Crippen MR) is 114 cm³/mol. The minimum Gasteiger partial charge on any atom is -0.400 e. The third kappa shape index (κ3) is 3.28. The number of nitrogens with one attached hydrogen (secondary N) is 1. The molecule has 0 spiro atoms. The topological polar surface area (TPSA) is 30.5 Å². The molecule has 4 rings (SSSR count). The van der Waals surface area contributed by atoms with Gasteiger partial charge in [0.15, 0.2) is 0 Å². The highest BCUT2D eigenvalue weighted by Crippen LogP contribution is 2.39. The fourth-order valence-electron chi connectivity index (χ4n) is 4.59. The van der Waals surface area contributed by atoms with Crippen molar-refractivity contribution in [2.24, 2.45) is 0 Å². The van der Waals surface area contributed by atoms with Crippen molar-refractivity contribution in [1.82, 2.24) is 5.32 Å². The number of ether oxygens (including phenoxy) is 1. The summed E-state index contributed by atoms with van der Waals surface area (Å²) in [6, 6.07) is 21.7. The summed E-state index contributed by atoms with van der Waals surface area (Å²) in [5.74, 6) is 0. The van der Waals surface area contributed by atoms with E-state index in [4.69, 9.17) is 20.8 Å². The second-order valence-corrected chi connectivity index (χ2v) is 13.4. The van der Waals surface area contributed by atoms with Crippen molar-refractivity contribution in [2.75, 3.05) is 13.2 Å². The van der Waals surface area contributed by atoms with Crippen LogP contribution in [-0.2, 0) is 9.16 Å². The van der Waals surface area contributed by atoms with Gasteiger partial charge >= 0.3 is 0 Å². The van der Waals surface area contributed by atoms with E-state index in [-0.39, 0.29) is 28.7 Å². The lowest BCUT2D eigenvalue weighted by molar-refractivity contribution is 0.0932. The maximum Gasteiger partial charge on any atom is 0.261 e.